The Balaban J connectivity index is 1.33. The fraction of sp³-hybridized carbons (Fsp3) is 0.182. The minimum Gasteiger partial charge on any atom is -0.298 e. The van der Waals surface area contributed by atoms with Gasteiger partial charge in [-0.15, -0.1) is 11.3 Å². The summed E-state index contributed by atoms with van der Waals surface area (Å²) in [7, 11) is -3.49. The molecule has 2 N–H and O–H groups in total. The van der Waals surface area contributed by atoms with Gasteiger partial charge in [-0.05, 0) is 48.2 Å². The molecule has 1 heterocycles. The number of nitrogens with zero attached hydrogens (tertiary/aromatic N) is 1. The highest BCUT2D eigenvalue weighted by molar-refractivity contribution is 7.89. The predicted octanol–water partition coefficient (Wildman–Crippen LogP) is 3.97. The Morgan fingerprint density at radius 3 is 2.61 bits per heavy atom. The molecular formula is C22H20FN3O3S2. The fourth-order valence-electron chi connectivity index (χ4n) is 2.84. The quantitative estimate of drug-likeness (QED) is 0.501. The number of carbonyl (C=O) groups excluding carboxylic acids is 1. The Morgan fingerprint density at radius 2 is 1.90 bits per heavy atom. The number of nitrogens with one attached hydrogen (secondary N) is 2. The van der Waals surface area contributed by atoms with Crippen molar-refractivity contribution >= 4 is 38.5 Å². The van der Waals surface area contributed by atoms with Crippen LogP contribution >= 0.6 is 11.3 Å². The molecule has 1 aliphatic carbocycles. The van der Waals surface area contributed by atoms with Gasteiger partial charge in [0.05, 0.1) is 4.90 Å². The van der Waals surface area contributed by atoms with Crippen LogP contribution in [0.15, 0.2) is 65.7 Å². The van der Waals surface area contributed by atoms with Gasteiger partial charge in [-0.3, -0.25) is 10.1 Å². The van der Waals surface area contributed by atoms with Crippen molar-refractivity contribution < 1.29 is 17.6 Å². The molecule has 0 aliphatic heterocycles. The second-order valence-electron chi connectivity index (χ2n) is 7.19. The SMILES string of the molecule is O=C(/C=C/c1ccc(S(=O)(=O)NC2CC2)cc1)Nc1ncc(Cc2ccccc2F)s1. The van der Waals surface area contributed by atoms with E-state index in [9.17, 15) is 17.6 Å². The highest BCUT2D eigenvalue weighted by Gasteiger charge is 2.27. The molecule has 4 rings (SSSR count). The van der Waals surface area contributed by atoms with Gasteiger partial charge in [-0.2, -0.15) is 0 Å². The zero-order valence-corrected chi connectivity index (χ0v) is 18.0. The first-order valence-corrected chi connectivity index (χ1v) is 12.0. The van der Waals surface area contributed by atoms with E-state index >= 15 is 0 Å². The summed E-state index contributed by atoms with van der Waals surface area (Å²) in [4.78, 5) is 17.4. The number of rotatable bonds is 8. The van der Waals surface area contributed by atoms with Crippen LogP contribution in [0.2, 0.25) is 0 Å². The van der Waals surface area contributed by atoms with Crippen LogP contribution in [0.3, 0.4) is 0 Å². The minimum absolute atomic E-state index is 0.0476. The molecule has 1 saturated carbocycles. The van der Waals surface area contributed by atoms with Crippen LogP contribution in [0.25, 0.3) is 6.08 Å². The molecule has 0 radical (unpaired) electrons. The van der Waals surface area contributed by atoms with Crippen LogP contribution in [-0.2, 0) is 21.2 Å². The lowest BCUT2D eigenvalue weighted by Crippen LogP contribution is -2.25. The van der Waals surface area contributed by atoms with Crippen LogP contribution in [0, 0.1) is 5.82 Å². The highest BCUT2D eigenvalue weighted by atomic mass is 32.2. The standard InChI is InChI=1S/C22H20FN3O3S2/c23-20-4-2-1-3-16(20)13-18-14-24-22(30-18)25-21(27)12-7-15-5-10-19(11-6-15)31(28,29)26-17-8-9-17/h1-7,10-12,14,17,26H,8-9,13H2,(H,24,25,27)/b12-7+. The van der Waals surface area contributed by atoms with E-state index in [4.69, 9.17) is 0 Å². The maximum Gasteiger partial charge on any atom is 0.250 e. The van der Waals surface area contributed by atoms with Crippen molar-refractivity contribution in [3.63, 3.8) is 0 Å². The molecule has 1 aromatic heterocycles. The molecule has 0 bridgehead atoms. The summed E-state index contributed by atoms with van der Waals surface area (Å²) < 4.78 is 40.8. The molecule has 160 valence electrons. The zero-order valence-electron chi connectivity index (χ0n) is 16.4. The van der Waals surface area contributed by atoms with E-state index in [2.05, 4.69) is 15.0 Å². The Morgan fingerprint density at radius 1 is 1.16 bits per heavy atom. The number of amides is 1. The Bertz CT molecular complexity index is 1220. The second kappa shape index (κ2) is 9.09. The number of sulfonamides is 1. The molecule has 9 heteroatoms. The van der Waals surface area contributed by atoms with Crippen LogP contribution in [0.5, 0.6) is 0 Å². The van der Waals surface area contributed by atoms with Gasteiger partial charge in [0.1, 0.15) is 5.82 Å². The topological polar surface area (TPSA) is 88.2 Å². The normalized spacial score (nSPS) is 14.1. The van der Waals surface area contributed by atoms with Crippen molar-refractivity contribution in [1.29, 1.82) is 0 Å². The molecule has 0 saturated heterocycles. The van der Waals surface area contributed by atoms with Gasteiger partial charge in [-0.25, -0.2) is 22.5 Å². The van der Waals surface area contributed by atoms with E-state index in [1.165, 1.54) is 35.6 Å². The summed E-state index contributed by atoms with van der Waals surface area (Å²) in [5.41, 5.74) is 1.27. The third-order valence-corrected chi connectivity index (χ3v) is 7.07. The average Bonchev–Trinajstić information content (AvgIpc) is 3.44. The molecule has 3 aromatic rings. The summed E-state index contributed by atoms with van der Waals surface area (Å²) in [6, 6.07) is 12.9. The number of hydrogen-bond donors (Lipinski definition) is 2. The highest BCUT2D eigenvalue weighted by Crippen LogP contribution is 2.23. The lowest BCUT2D eigenvalue weighted by Gasteiger charge is -2.05. The van der Waals surface area contributed by atoms with Crippen LogP contribution in [-0.4, -0.2) is 25.4 Å². The first kappa shape index (κ1) is 21.4. The van der Waals surface area contributed by atoms with Gasteiger partial charge in [-0.1, -0.05) is 30.3 Å². The van der Waals surface area contributed by atoms with E-state index in [1.807, 2.05) is 0 Å². The first-order chi connectivity index (χ1) is 14.9. The van der Waals surface area contributed by atoms with Crippen molar-refractivity contribution in [1.82, 2.24) is 9.71 Å². The van der Waals surface area contributed by atoms with Gasteiger partial charge in [0, 0.05) is 29.6 Å². The van der Waals surface area contributed by atoms with Crippen LogP contribution in [0.1, 0.15) is 28.8 Å². The van der Waals surface area contributed by atoms with E-state index in [0.29, 0.717) is 22.7 Å². The third-order valence-electron chi connectivity index (χ3n) is 4.62. The molecule has 0 atom stereocenters. The maximum absolute atomic E-state index is 13.8. The summed E-state index contributed by atoms with van der Waals surface area (Å²) >= 11 is 1.28. The predicted molar refractivity (Wildman–Crippen MR) is 119 cm³/mol. The van der Waals surface area contributed by atoms with E-state index < -0.39 is 10.0 Å². The number of benzene rings is 2. The first-order valence-electron chi connectivity index (χ1n) is 9.69. The van der Waals surface area contributed by atoms with Crippen molar-refractivity contribution in [2.24, 2.45) is 0 Å². The molecule has 1 aliphatic rings. The number of aromatic nitrogens is 1. The molecular weight excluding hydrogens is 437 g/mol. The number of carbonyl (C=O) groups is 1. The van der Waals surface area contributed by atoms with E-state index in [0.717, 1.165) is 17.7 Å². The number of anilines is 1. The Labute approximate surface area is 183 Å². The monoisotopic (exact) mass is 457 g/mol. The van der Waals surface area contributed by atoms with Gasteiger partial charge in [0.15, 0.2) is 5.13 Å². The van der Waals surface area contributed by atoms with Crippen LogP contribution < -0.4 is 10.0 Å². The largest absolute Gasteiger partial charge is 0.298 e. The maximum atomic E-state index is 13.8. The van der Waals surface area contributed by atoms with E-state index in [-0.39, 0.29) is 22.7 Å². The summed E-state index contributed by atoms with van der Waals surface area (Å²) in [5.74, 6) is -0.634. The summed E-state index contributed by atoms with van der Waals surface area (Å²) in [6.07, 6.45) is 6.71. The molecule has 2 aromatic carbocycles. The summed E-state index contributed by atoms with van der Waals surface area (Å²) in [5, 5.41) is 3.10. The lowest BCUT2D eigenvalue weighted by molar-refractivity contribution is -0.111. The van der Waals surface area contributed by atoms with Gasteiger partial charge in [0.25, 0.3) is 0 Å². The molecule has 1 fully saturated rings. The fourth-order valence-corrected chi connectivity index (χ4v) is 4.99. The molecule has 31 heavy (non-hydrogen) atoms. The summed E-state index contributed by atoms with van der Waals surface area (Å²) in [6.45, 7) is 0. The molecule has 1 amide bonds. The van der Waals surface area contributed by atoms with Crippen molar-refractivity contribution in [2.45, 2.75) is 30.2 Å². The minimum atomic E-state index is -3.49. The lowest BCUT2D eigenvalue weighted by atomic mass is 10.1. The molecule has 0 unspecified atom stereocenters. The van der Waals surface area contributed by atoms with Gasteiger partial charge in [0.2, 0.25) is 15.9 Å². The zero-order chi connectivity index (χ0) is 21.8. The number of hydrogen-bond acceptors (Lipinski definition) is 5. The van der Waals surface area contributed by atoms with Gasteiger partial charge >= 0.3 is 0 Å². The third kappa shape index (κ3) is 5.84. The van der Waals surface area contributed by atoms with E-state index in [1.54, 1.807) is 42.6 Å². The molecule has 6 nitrogen and oxygen atoms in total. The van der Waals surface area contributed by atoms with Gasteiger partial charge < -0.3 is 0 Å². The van der Waals surface area contributed by atoms with Crippen LogP contribution in [0.4, 0.5) is 9.52 Å². The second-order valence-corrected chi connectivity index (χ2v) is 10.0. The Kier molecular flexibility index (Phi) is 6.26. The smallest absolute Gasteiger partial charge is 0.250 e. The van der Waals surface area contributed by atoms with Crippen molar-refractivity contribution in [3.05, 3.63) is 82.6 Å². The van der Waals surface area contributed by atoms with Crippen molar-refractivity contribution in [2.75, 3.05) is 5.32 Å². The molecule has 0 spiro atoms. The average molecular weight is 458 g/mol. The number of thiazole rings is 1. The Hall–Kier alpha value is -2.88. The van der Waals surface area contributed by atoms with Crippen molar-refractivity contribution in [3.8, 4) is 0 Å². The number of halogens is 1.